The number of ketones is 1. The number of furan rings is 1. The van der Waals surface area contributed by atoms with Crippen molar-refractivity contribution in [2.45, 2.75) is 121 Å². The summed E-state index contributed by atoms with van der Waals surface area (Å²) in [6.07, 6.45) is -2.98. The van der Waals surface area contributed by atoms with Crippen molar-refractivity contribution in [3.05, 3.63) is 107 Å². The van der Waals surface area contributed by atoms with Crippen LogP contribution in [-0.4, -0.2) is 89.0 Å². The molecule has 14 heteroatoms. The Balaban J connectivity index is 1.20. The quantitative estimate of drug-likeness (QED) is 0.141. The second kappa shape index (κ2) is 15.6. The number of aliphatic imine (C=N–C) groups is 1. The van der Waals surface area contributed by atoms with Gasteiger partial charge in [0.2, 0.25) is 12.0 Å². The average molecular weight is 864 g/mol. The van der Waals surface area contributed by atoms with Gasteiger partial charge in [0, 0.05) is 29.7 Å². The van der Waals surface area contributed by atoms with E-state index >= 15 is 4.79 Å². The zero-order valence-electron chi connectivity index (χ0n) is 36.2. The summed E-state index contributed by atoms with van der Waals surface area (Å²) in [6, 6.07) is 19.7. The van der Waals surface area contributed by atoms with Gasteiger partial charge in [-0.2, -0.15) is 0 Å². The third-order valence-electron chi connectivity index (χ3n) is 15.2. The molecule has 3 aromatic rings. The van der Waals surface area contributed by atoms with Crippen molar-refractivity contribution in [1.29, 1.82) is 0 Å². The van der Waals surface area contributed by atoms with Crippen molar-refractivity contribution in [1.82, 2.24) is 0 Å². The number of rotatable bonds is 9. The van der Waals surface area contributed by atoms with Gasteiger partial charge in [0.1, 0.15) is 29.7 Å². The van der Waals surface area contributed by atoms with Crippen molar-refractivity contribution >= 4 is 35.6 Å². The monoisotopic (exact) mass is 863 g/mol. The van der Waals surface area contributed by atoms with Crippen molar-refractivity contribution < 1.29 is 61.9 Å². The summed E-state index contributed by atoms with van der Waals surface area (Å²) in [4.78, 5) is 77.0. The molecule has 1 aromatic heterocycles. The van der Waals surface area contributed by atoms with Gasteiger partial charge in [-0.3, -0.25) is 14.4 Å². The summed E-state index contributed by atoms with van der Waals surface area (Å²) >= 11 is 0. The van der Waals surface area contributed by atoms with Crippen molar-refractivity contribution in [3.63, 3.8) is 0 Å². The van der Waals surface area contributed by atoms with E-state index in [-0.39, 0.29) is 42.4 Å². The Bertz CT molecular complexity index is 2370. The first-order valence-corrected chi connectivity index (χ1v) is 21.8. The molecule has 0 amide bonds. The molecule has 3 saturated carbocycles. The number of esters is 4. The maximum atomic E-state index is 15.9. The number of benzene rings is 2. The molecule has 2 aromatic carbocycles. The van der Waals surface area contributed by atoms with Crippen LogP contribution >= 0.6 is 0 Å². The number of aliphatic hydroxyl groups is 1. The van der Waals surface area contributed by atoms with E-state index in [1.807, 2.05) is 25.1 Å². The van der Waals surface area contributed by atoms with E-state index in [1.54, 1.807) is 82.3 Å². The number of carbonyl (C=O) groups excluding carboxylic acids is 5. The third-order valence-corrected chi connectivity index (χ3v) is 15.2. The van der Waals surface area contributed by atoms with Crippen LogP contribution in [-0.2, 0) is 47.6 Å². The molecule has 1 saturated heterocycles. The van der Waals surface area contributed by atoms with Gasteiger partial charge in [0.05, 0.1) is 30.3 Å². The Labute approximate surface area is 365 Å². The third kappa shape index (κ3) is 6.65. The summed E-state index contributed by atoms with van der Waals surface area (Å²) < 4.78 is 43.9. The highest BCUT2D eigenvalue weighted by Crippen LogP contribution is 2.66. The lowest BCUT2D eigenvalue weighted by atomic mass is 9.43. The molecule has 0 spiro atoms. The first-order valence-electron chi connectivity index (χ1n) is 21.8. The molecule has 332 valence electrons. The van der Waals surface area contributed by atoms with Gasteiger partial charge in [0.15, 0.2) is 23.5 Å². The molecule has 0 radical (unpaired) electrons. The van der Waals surface area contributed by atoms with Gasteiger partial charge in [-0.05, 0) is 79.6 Å². The Morgan fingerprint density at radius 2 is 1.59 bits per heavy atom. The van der Waals surface area contributed by atoms with E-state index in [0.717, 1.165) is 6.42 Å². The molecular weight excluding hydrogens is 811 g/mol. The number of ether oxygens (including phenoxy) is 6. The standard InChI is InChI=1S/C49H53NO13/c1-26-23-34-48(25-58-34,63-44(54)31-19-13-20-31)39-41(62-43(53)30-17-11-8-12-18-30)49(56)24-33(27(2)35(46(49,4)5)37(59-28(3)51)40(52)47(26,39)6)60-45(55)38-36(32-21-14-22-57-32)50-42(61-38)29-15-9-7-10-16-29/h7-12,14-18,21-22,26,31,33-34,36-39,41,56H,13,19-20,23-25H2,1-6H3. The Morgan fingerprint density at radius 3 is 2.19 bits per heavy atom. The zero-order valence-corrected chi connectivity index (χ0v) is 36.2. The fourth-order valence-corrected chi connectivity index (χ4v) is 11.1. The molecule has 11 unspecified atom stereocenters. The first kappa shape index (κ1) is 42.7. The summed E-state index contributed by atoms with van der Waals surface area (Å²) in [5.41, 5.74) is -5.45. The van der Waals surface area contributed by atoms with Crippen LogP contribution in [0, 0.1) is 28.6 Å². The topological polar surface area (TPSA) is 186 Å². The molecular formula is C49H53NO13. The second-order valence-corrected chi connectivity index (χ2v) is 18.8. The van der Waals surface area contributed by atoms with E-state index in [2.05, 4.69) is 0 Å². The van der Waals surface area contributed by atoms with Gasteiger partial charge >= 0.3 is 23.9 Å². The molecule has 1 N–H and O–H groups in total. The lowest BCUT2D eigenvalue weighted by Gasteiger charge is -2.68. The highest BCUT2D eigenvalue weighted by Gasteiger charge is 2.78. The first-order chi connectivity index (χ1) is 30.0. The van der Waals surface area contributed by atoms with Crippen LogP contribution in [0.25, 0.3) is 0 Å². The number of fused-ring (bicyclic) bond motifs is 5. The summed E-state index contributed by atoms with van der Waals surface area (Å²) in [7, 11) is 0. The van der Waals surface area contributed by atoms with Crippen LogP contribution in [0.4, 0.5) is 0 Å². The molecule has 3 heterocycles. The van der Waals surface area contributed by atoms with Gasteiger partial charge in [-0.15, -0.1) is 0 Å². The number of carbonyl (C=O) groups is 5. The highest BCUT2D eigenvalue weighted by molar-refractivity contribution is 5.98. The number of nitrogens with zero attached hydrogens (tertiary/aromatic N) is 1. The summed E-state index contributed by atoms with van der Waals surface area (Å²) in [6.45, 7) is 9.72. The summed E-state index contributed by atoms with van der Waals surface area (Å²) in [5, 5.41) is 14.0. The Hall–Kier alpha value is -5.60. The predicted octanol–water partition coefficient (Wildman–Crippen LogP) is 6.44. The summed E-state index contributed by atoms with van der Waals surface area (Å²) in [5.74, 6) is -4.97. The van der Waals surface area contributed by atoms with Crippen LogP contribution in [0.5, 0.6) is 0 Å². The molecule has 4 fully saturated rings. The van der Waals surface area contributed by atoms with E-state index in [0.29, 0.717) is 29.7 Å². The predicted molar refractivity (Wildman–Crippen MR) is 223 cm³/mol. The molecule has 2 bridgehead atoms. The van der Waals surface area contributed by atoms with Gasteiger partial charge in [-0.1, -0.05) is 70.5 Å². The second-order valence-electron chi connectivity index (χ2n) is 18.8. The molecule has 4 aliphatic carbocycles. The van der Waals surface area contributed by atoms with E-state index in [4.69, 9.17) is 37.8 Å². The number of hydrogen-bond donors (Lipinski definition) is 1. The zero-order chi connectivity index (χ0) is 44.6. The maximum absolute atomic E-state index is 15.9. The normalized spacial score (nSPS) is 35.5. The lowest BCUT2D eigenvalue weighted by Crippen LogP contribution is -2.81. The highest BCUT2D eigenvalue weighted by atomic mass is 16.6. The number of hydrogen-bond acceptors (Lipinski definition) is 14. The fourth-order valence-electron chi connectivity index (χ4n) is 11.1. The minimum atomic E-state index is -2.20. The van der Waals surface area contributed by atoms with Crippen molar-refractivity contribution in [2.75, 3.05) is 6.61 Å². The SMILES string of the molecule is CC(=O)OC1C(=O)C2(C)C(C)CC3OCC3(OC(=O)C3CCC3)C2C(OC(=O)c2ccccc2)C2(O)CC(OC(=O)C3OC(c4ccccc4)=NC3c3ccco3)C(C)=C1C2(C)C. The molecule has 6 aliphatic rings. The van der Waals surface area contributed by atoms with Crippen molar-refractivity contribution in [2.24, 2.45) is 33.6 Å². The van der Waals surface area contributed by atoms with E-state index in [9.17, 15) is 24.3 Å². The van der Waals surface area contributed by atoms with Crippen LogP contribution < -0.4 is 0 Å². The van der Waals surface area contributed by atoms with E-state index in [1.165, 1.54) is 13.2 Å². The molecule has 11 atom stereocenters. The van der Waals surface area contributed by atoms with Gasteiger partial charge in [0.25, 0.3) is 0 Å². The Morgan fingerprint density at radius 1 is 0.889 bits per heavy atom. The molecule has 14 nitrogen and oxygen atoms in total. The largest absolute Gasteiger partial charge is 0.467 e. The lowest BCUT2D eigenvalue weighted by molar-refractivity contribution is -0.342. The number of Topliss-reactive ketones (excluding diaryl/α,β-unsaturated/α-hetero) is 1. The van der Waals surface area contributed by atoms with Crippen LogP contribution in [0.15, 0.2) is 99.6 Å². The minimum absolute atomic E-state index is 0.137. The Kier molecular flexibility index (Phi) is 10.6. The van der Waals surface area contributed by atoms with Crippen LogP contribution in [0.2, 0.25) is 0 Å². The fraction of sp³-hybridized carbons (Fsp3) is 0.510. The van der Waals surface area contributed by atoms with Gasteiger partial charge < -0.3 is 37.9 Å². The molecule has 9 rings (SSSR count). The molecule has 2 aliphatic heterocycles. The minimum Gasteiger partial charge on any atom is -0.467 e. The van der Waals surface area contributed by atoms with E-state index < -0.39 is 100 Å². The van der Waals surface area contributed by atoms with Gasteiger partial charge in [-0.25, -0.2) is 14.6 Å². The van der Waals surface area contributed by atoms with Crippen LogP contribution in [0.1, 0.15) is 101 Å². The molecule has 63 heavy (non-hydrogen) atoms. The average Bonchev–Trinajstić information content (AvgIpc) is 3.93. The van der Waals surface area contributed by atoms with Crippen molar-refractivity contribution in [3.8, 4) is 0 Å². The maximum Gasteiger partial charge on any atom is 0.350 e. The smallest absolute Gasteiger partial charge is 0.350 e. The van der Waals surface area contributed by atoms with Crippen LogP contribution in [0.3, 0.4) is 0 Å².